The number of nitrogens with two attached hydrogens (primary N) is 1. The maximum absolute atomic E-state index is 10.9. The highest BCUT2D eigenvalue weighted by molar-refractivity contribution is 5.85. The van der Waals surface area contributed by atoms with Gasteiger partial charge in [-0.3, -0.25) is 0 Å². The fraction of sp³-hybridized carbons (Fsp3) is 0.545. The van der Waals surface area contributed by atoms with Gasteiger partial charge in [0.15, 0.2) is 0 Å². The van der Waals surface area contributed by atoms with E-state index in [1.165, 1.54) is 5.57 Å². The molecule has 0 amide bonds. The van der Waals surface area contributed by atoms with Crippen molar-refractivity contribution >= 4 is 18.7 Å². The highest BCUT2D eigenvalue weighted by Crippen LogP contribution is 2.23. The fourth-order valence-corrected chi connectivity index (χ4v) is 1.78. The van der Waals surface area contributed by atoms with E-state index >= 15 is 0 Å². The second kappa shape index (κ2) is 5.93. The summed E-state index contributed by atoms with van der Waals surface area (Å²) < 4.78 is 0. The lowest BCUT2D eigenvalue weighted by molar-refractivity contribution is -0.108. The van der Waals surface area contributed by atoms with Gasteiger partial charge < -0.3 is 15.8 Å². The van der Waals surface area contributed by atoms with Crippen molar-refractivity contribution in [2.75, 3.05) is 6.54 Å². The van der Waals surface area contributed by atoms with Gasteiger partial charge in [0.1, 0.15) is 12.3 Å². The summed E-state index contributed by atoms with van der Waals surface area (Å²) in [6.07, 6.45) is 2.99. The molecule has 1 unspecified atom stereocenters. The van der Waals surface area contributed by atoms with E-state index in [4.69, 9.17) is 5.73 Å². The first kappa shape index (κ1) is 14.2. The van der Waals surface area contributed by atoms with Gasteiger partial charge in [0.25, 0.3) is 0 Å². The molecule has 0 aromatic heterocycles. The summed E-state index contributed by atoms with van der Waals surface area (Å²) in [6.45, 7) is 6.63. The third kappa shape index (κ3) is 3.08. The summed E-state index contributed by atoms with van der Waals surface area (Å²) in [5.41, 5.74) is 8.90. The molecule has 1 aliphatic heterocycles. The van der Waals surface area contributed by atoms with Gasteiger partial charge in [-0.2, -0.15) is 0 Å². The molecule has 0 radical (unpaired) electrons. The third-order valence-corrected chi connectivity index (χ3v) is 2.48. The smallest absolute Gasteiger partial charge is 0.146 e. The molecule has 4 heteroatoms. The van der Waals surface area contributed by atoms with Crippen molar-refractivity contribution in [1.82, 2.24) is 5.32 Å². The molecule has 0 aromatic carbocycles. The van der Waals surface area contributed by atoms with Crippen LogP contribution in [-0.4, -0.2) is 18.9 Å². The van der Waals surface area contributed by atoms with Crippen LogP contribution in [0.15, 0.2) is 22.9 Å². The predicted octanol–water partition coefficient (Wildman–Crippen LogP) is 1.39. The number of hydrogen-bond acceptors (Lipinski definition) is 3. The maximum atomic E-state index is 10.9. The van der Waals surface area contributed by atoms with E-state index in [0.29, 0.717) is 12.5 Å². The van der Waals surface area contributed by atoms with Crippen molar-refractivity contribution in [2.24, 2.45) is 11.7 Å². The van der Waals surface area contributed by atoms with Crippen molar-refractivity contribution in [3.63, 3.8) is 0 Å². The number of carbonyl (C=O) groups is 1. The zero-order valence-electron chi connectivity index (χ0n) is 9.41. The molecule has 1 heterocycles. The van der Waals surface area contributed by atoms with Gasteiger partial charge in [0, 0.05) is 12.2 Å². The number of aldehydes is 1. The van der Waals surface area contributed by atoms with Gasteiger partial charge in [-0.05, 0) is 30.1 Å². The minimum Gasteiger partial charge on any atom is -0.376 e. The van der Waals surface area contributed by atoms with Gasteiger partial charge >= 0.3 is 0 Å². The Labute approximate surface area is 97.2 Å². The molecule has 15 heavy (non-hydrogen) atoms. The summed E-state index contributed by atoms with van der Waals surface area (Å²) in [5.74, 6) is 0.410. The summed E-state index contributed by atoms with van der Waals surface area (Å²) in [5, 5.41) is 3.11. The normalized spacial score (nSPS) is 20.6. The van der Waals surface area contributed by atoms with Crippen LogP contribution in [0.4, 0.5) is 0 Å². The number of halogens is 1. The first-order valence-corrected chi connectivity index (χ1v) is 4.93. The standard InChI is InChI=1S/C11H18N2O.ClH/c1-7(2)9-4-8(3)13-11(6-14)10(9)5-12;/h4,6-7,11,13H,5,12H2,1-3H3;1H. The van der Waals surface area contributed by atoms with E-state index in [1.54, 1.807) is 0 Å². The molecule has 0 fully saturated rings. The van der Waals surface area contributed by atoms with Crippen LogP contribution in [0.5, 0.6) is 0 Å². The van der Waals surface area contributed by atoms with Crippen molar-refractivity contribution in [2.45, 2.75) is 26.8 Å². The van der Waals surface area contributed by atoms with Crippen molar-refractivity contribution in [3.05, 3.63) is 22.9 Å². The van der Waals surface area contributed by atoms with Gasteiger partial charge in [-0.25, -0.2) is 0 Å². The average molecular weight is 231 g/mol. The molecule has 0 aromatic rings. The van der Waals surface area contributed by atoms with Gasteiger partial charge in [0.2, 0.25) is 0 Å². The summed E-state index contributed by atoms with van der Waals surface area (Å²) >= 11 is 0. The van der Waals surface area contributed by atoms with E-state index in [-0.39, 0.29) is 18.4 Å². The Hall–Kier alpha value is -0.800. The average Bonchev–Trinajstić information content (AvgIpc) is 2.16. The van der Waals surface area contributed by atoms with Gasteiger partial charge in [-0.1, -0.05) is 13.8 Å². The molecular formula is C11H19ClN2O. The first-order chi connectivity index (χ1) is 6.60. The van der Waals surface area contributed by atoms with Crippen LogP contribution in [-0.2, 0) is 4.79 Å². The lowest BCUT2D eigenvalue weighted by Gasteiger charge is -2.27. The molecule has 0 saturated heterocycles. The molecule has 86 valence electrons. The highest BCUT2D eigenvalue weighted by atomic mass is 35.5. The molecular weight excluding hydrogens is 212 g/mol. The number of carbonyl (C=O) groups excluding carboxylic acids is 1. The van der Waals surface area contributed by atoms with E-state index in [2.05, 4.69) is 25.2 Å². The Balaban J connectivity index is 0.00000196. The molecule has 3 nitrogen and oxygen atoms in total. The fourth-order valence-electron chi connectivity index (χ4n) is 1.78. The lowest BCUT2D eigenvalue weighted by Crippen LogP contribution is -2.37. The summed E-state index contributed by atoms with van der Waals surface area (Å²) in [7, 11) is 0. The number of nitrogens with one attached hydrogen (secondary N) is 1. The summed E-state index contributed by atoms with van der Waals surface area (Å²) in [4.78, 5) is 10.9. The van der Waals surface area contributed by atoms with Crippen LogP contribution in [0.25, 0.3) is 0 Å². The molecule has 0 bridgehead atoms. The Bertz CT molecular complexity index is 295. The van der Waals surface area contributed by atoms with Crippen molar-refractivity contribution in [1.29, 1.82) is 0 Å². The molecule has 0 aliphatic carbocycles. The van der Waals surface area contributed by atoms with Crippen molar-refractivity contribution in [3.8, 4) is 0 Å². The minimum atomic E-state index is -0.234. The second-order valence-electron chi connectivity index (χ2n) is 3.92. The van der Waals surface area contributed by atoms with Crippen LogP contribution in [0.3, 0.4) is 0 Å². The monoisotopic (exact) mass is 230 g/mol. The lowest BCUT2D eigenvalue weighted by atomic mass is 9.90. The van der Waals surface area contributed by atoms with E-state index in [1.807, 2.05) is 6.92 Å². The molecule has 1 atom stereocenters. The van der Waals surface area contributed by atoms with Crippen LogP contribution < -0.4 is 11.1 Å². The Morgan fingerprint density at radius 3 is 2.60 bits per heavy atom. The molecule has 3 N–H and O–H groups in total. The number of allylic oxidation sites excluding steroid dienone is 3. The Morgan fingerprint density at radius 1 is 1.60 bits per heavy atom. The van der Waals surface area contributed by atoms with E-state index < -0.39 is 0 Å². The summed E-state index contributed by atoms with van der Waals surface area (Å²) in [6, 6.07) is -0.234. The number of dihydropyridines is 1. The number of rotatable bonds is 3. The molecule has 0 saturated carbocycles. The largest absolute Gasteiger partial charge is 0.376 e. The minimum absolute atomic E-state index is 0. The maximum Gasteiger partial charge on any atom is 0.146 e. The predicted molar refractivity (Wildman–Crippen MR) is 64.9 cm³/mol. The first-order valence-electron chi connectivity index (χ1n) is 4.93. The Kier molecular flexibility index (Phi) is 5.61. The topological polar surface area (TPSA) is 55.1 Å². The van der Waals surface area contributed by atoms with Crippen LogP contribution in [0.1, 0.15) is 20.8 Å². The van der Waals surface area contributed by atoms with Crippen LogP contribution in [0, 0.1) is 5.92 Å². The molecule has 1 aliphatic rings. The zero-order valence-corrected chi connectivity index (χ0v) is 10.2. The molecule has 1 rings (SSSR count). The van der Waals surface area contributed by atoms with Gasteiger partial charge in [0.05, 0.1) is 0 Å². The SMILES string of the molecule is CC1=CC(C(C)C)=C(CN)C(C=O)N1.Cl. The van der Waals surface area contributed by atoms with E-state index in [0.717, 1.165) is 17.6 Å². The molecule has 0 spiro atoms. The number of hydrogen-bond donors (Lipinski definition) is 2. The van der Waals surface area contributed by atoms with Gasteiger partial charge in [-0.15, -0.1) is 12.4 Å². The van der Waals surface area contributed by atoms with Crippen molar-refractivity contribution < 1.29 is 4.79 Å². The van der Waals surface area contributed by atoms with E-state index in [9.17, 15) is 4.79 Å². The second-order valence-corrected chi connectivity index (χ2v) is 3.92. The van der Waals surface area contributed by atoms with Crippen LogP contribution in [0.2, 0.25) is 0 Å². The Morgan fingerprint density at radius 2 is 2.20 bits per heavy atom. The third-order valence-electron chi connectivity index (χ3n) is 2.48. The zero-order chi connectivity index (χ0) is 10.7. The van der Waals surface area contributed by atoms with Crippen LogP contribution >= 0.6 is 12.4 Å². The highest BCUT2D eigenvalue weighted by Gasteiger charge is 2.21. The quantitative estimate of drug-likeness (QED) is 0.721.